The molecule has 1 atom stereocenters. The molecule has 1 aliphatic heterocycles. The van der Waals surface area contributed by atoms with Gasteiger partial charge in [-0.2, -0.15) is 0 Å². The molecule has 0 fully saturated rings. The molecule has 3 heterocycles. The highest BCUT2D eigenvalue weighted by molar-refractivity contribution is 7.98. The van der Waals surface area contributed by atoms with Crippen molar-refractivity contribution >= 4 is 16.1 Å². The molecule has 0 aliphatic carbocycles. The van der Waals surface area contributed by atoms with E-state index in [0.29, 0.717) is 37.7 Å². The maximum Gasteiger partial charge on any atom is 0.184 e. The number of pyridine rings is 2. The molecule has 0 spiro atoms. The van der Waals surface area contributed by atoms with E-state index in [0.717, 1.165) is 11.1 Å². The van der Waals surface area contributed by atoms with Gasteiger partial charge in [0, 0.05) is 43.7 Å². The third-order valence-electron chi connectivity index (χ3n) is 4.49. The number of rotatable bonds is 5. The summed E-state index contributed by atoms with van der Waals surface area (Å²) in [6.45, 7) is 2.11. The summed E-state index contributed by atoms with van der Waals surface area (Å²) in [4.78, 5) is 10.0. The second-order valence-corrected chi connectivity index (χ2v) is 8.37. The summed E-state index contributed by atoms with van der Waals surface area (Å²) < 4.78 is 47.0. The van der Waals surface area contributed by atoms with Gasteiger partial charge in [0.15, 0.2) is 15.3 Å². The highest BCUT2D eigenvalue weighted by Gasteiger charge is 2.24. The van der Waals surface area contributed by atoms with Crippen molar-refractivity contribution in [2.75, 3.05) is 17.9 Å². The number of hydrogen-bond acceptors (Lipinski definition) is 6. The van der Waals surface area contributed by atoms with Crippen LogP contribution in [0, 0.1) is 5.82 Å². The highest BCUT2D eigenvalue weighted by atomic mass is 32.3. The smallest absolute Gasteiger partial charge is 0.184 e. The molecule has 0 bridgehead atoms. The SMILES string of the molecule is O=[S+]([O-])(Nc1cccnc1)c1ccc2c(c1)OCCN(Cc1cncc(F)c1)C2. The molecule has 0 amide bonds. The van der Waals surface area contributed by atoms with Crippen LogP contribution in [0.25, 0.3) is 0 Å². The van der Waals surface area contributed by atoms with Crippen molar-refractivity contribution in [3.8, 4) is 5.75 Å². The van der Waals surface area contributed by atoms with Crippen LogP contribution in [0.1, 0.15) is 11.1 Å². The number of aromatic nitrogens is 2. The fraction of sp³-hybridized carbons (Fsp3) is 0.200. The third-order valence-corrected chi connectivity index (χ3v) is 5.87. The molecule has 7 nitrogen and oxygen atoms in total. The number of hydrogen-bond donors (Lipinski definition) is 1. The standard InChI is InChI=1S/C20H19FN4O3S/c21-17-8-15(10-23-11-17)13-25-6-7-28-20-9-19(4-3-16(20)14-25)29(26,27)24-18-2-1-5-22-12-18/h1-5,8-12H,6-7,13-14H2,(H-,24,26,27). The van der Waals surface area contributed by atoms with Crippen LogP contribution in [0.4, 0.5) is 10.1 Å². The van der Waals surface area contributed by atoms with Crippen LogP contribution in [0.3, 0.4) is 0 Å². The molecule has 4 rings (SSSR count). The van der Waals surface area contributed by atoms with Gasteiger partial charge in [0.05, 0.1) is 18.1 Å². The van der Waals surface area contributed by atoms with Crippen molar-refractivity contribution in [3.63, 3.8) is 0 Å². The van der Waals surface area contributed by atoms with Crippen LogP contribution in [0.15, 0.2) is 66.1 Å². The molecule has 2 aromatic heterocycles. The minimum Gasteiger partial charge on any atom is -0.588 e. The van der Waals surface area contributed by atoms with Gasteiger partial charge in [-0.05, 0) is 35.9 Å². The van der Waals surface area contributed by atoms with E-state index in [-0.39, 0.29) is 10.7 Å². The Balaban J connectivity index is 1.52. The Kier molecular flexibility index (Phi) is 5.52. The normalized spacial score (nSPS) is 16.2. The van der Waals surface area contributed by atoms with Crippen molar-refractivity contribution in [1.29, 1.82) is 0 Å². The van der Waals surface area contributed by atoms with Crippen LogP contribution in [-0.4, -0.2) is 32.6 Å². The number of benzene rings is 1. The average Bonchev–Trinajstić information content (AvgIpc) is 2.89. The fourth-order valence-electron chi connectivity index (χ4n) is 3.14. The van der Waals surface area contributed by atoms with Crippen LogP contribution in [0.2, 0.25) is 0 Å². The van der Waals surface area contributed by atoms with E-state index in [4.69, 9.17) is 4.74 Å². The lowest BCUT2D eigenvalue weighted by molar-refractivity contribution is 0.219. The molecule has 1 aromatic carbocycles. The lowest BCUT2D eigenvalue weighted by Crippen LogP contribution is -2.25. The lowest BCUT2D eigenvalue weighted by atomic mass is 10.2. The molecule has 1 aliphatic rings. The van der Waals surface area contributed by atoms with E-state index >= 15 is 0 Å². The van der Waals surface area contributed by atoms with E-state index in [1.165, 1.54) is 24.5 Å². The van der Waals surface area contributed by atoms with Crippen molar-refractivity contribution < 1.29 is 17.9 Å². The molecular weight excluding hydrogens is 395 g/mol. The molecule has 0 saturated carbocycles. The first-order valence-corrected chi connectivity index (χ1v) is 10.5. The maximum absolute atomic E-state index is 13.4. The van der Waals surface area contributed by atoms with Crippen molar-refractivity contribution in [1.82, 2.24) is 14.9 Å². The zero-order valence-electron chi connectivity index (χ0n) is 15.5. The van der Waals surface area contributed by atoms with E-state index in [1.54, 1.807) is 36.7 Å². The summed E-state index contributed by atoms with van der Waals surface area (Å²) in [5, 5.41) is 0. The third kappa shape index (κ3) is 4.76. The van der Waals surface area contributed by atoms with E-state index in [1.807, 2.05) is 0 Å². The summed E-state index contributed by atoms with van der Waals surface area (Å²) in [5.74, 6) is 0.156. The van der Waals surface area contributed by atoms with Gasteiger partial charge < -0.3 is 9.29 Å². The molecular formula is C20H19FN4O3S. The first-order valence-electron chi connectivity index (χ1n) is 9.00. The molecule has 9 heteroatoms. The minimum atomic E-state index is -3.76. The van der Waals surface area contributed by atoms with Crippen LogP contribution in [-0.2, 0) is 27.7 Å². The molecule has 0 radical (unpaired) electrons. The Morgan fingerprint density at radius 3 is 2.90 bits per heavy atom. The second kappa shape index (κ2) is 8.24. The Bertz CT molecular complexity index is 1050. The first kappa shape index (κ1) is 19.4. The quantitative estimate of drug-likeness (QED) is 0.646. The van der Waals surface area contributed by atoms with Gasteiger partial charge in [-0.3, -0.25) is 14.9 Å². The predicted molar refractivity (Wildman–Crippen MR) is 105 cm³/mol. The van der Waals surface area contributed by atoms with E-state index in [9.17, 15) is 13.2 Å². The van der Waals surface area contributed by atoms with Gasteiger partial charge in [0.2, 0.25) is 0 Å². The number of nitrogens with one attached hydrogen (secondary N) is 1. The largest absolute Gasteiger partial charge is 0.588 e. The number of halogens is 1. The Morgan fingerprint density at radius 1 is 1.21 bits per heavy atom. The number of ether oxygens (including phenoxy) is 1. The van der Waals surface area contributed by atoms with Gasteiger partial charge in [-0.1, -0.05) is 4.21 Å². The van der Waals surface area contributed by atoms with Gasteiger partial charge in [0.25, 0.3) is 0 Å². The topological polar surface area (TPSA) is 90.4 Å². The summed E-state index contributed by atoms with van der Waals surface area (Å²) >= 11 is 0. The number of fused-ring (bicyclic) bond motifs is 1. The summed E-state index contributed by atoms with van der Waals surface area (Å²) in [6.07, 6.45) is 5.82. The second-order valence-electron chi connectivity index (χ2n) is 6.69. The minimum absolute atomic E-state index is 0.114. The van der Waals surface area contributed by atoms with Gasteiger partial charge >= 0.3 is 0 Å². The fourth-order valence-corrected chi connectivity index (χ4v) is 4.20. The molecule has 0 saturated heterocycles. The number of sulfonamides is 1. The maximum atomic E-state index is 13.4. The summed E-state index contributed by atoms with van der Waals surface area (Å²) in [7, 11) is -3.76. The zero-order valence-corrected chi connectivity index (χ0v) is 16.3. The van der Waals surface area contributed by atoms with Crippen molar-refractivity contribution in [2.24, 2.45) is 0 Å². The summed E-state index contributed by atoms with van der Waals surface area (Å²) in [5.41, 5.74) is 2.03. The van der Waals surface area contributed by atoms with Crippen LogP contribution in [0.5, 0.6) is 5.75 Å². The van der Waals surface area contributed by atoms with Crippen LogP contribution >= 0.6 is 0 Å². The first-order chi connectivity index (χ1) is 14.0. The molecule has 3 aromatic rings. The molecule has 1 N–H and O–H groups in total. The monoisotopic (exact) mass is 414 g/mol. The van der Waals surface area contributed by atoms with Crippen molar-refractivity contribution in [2.45, 2.75) is 18.0 Å². The highest BCUT2D eigenvalue weighted by Crippen LogP contribution is 2.29. The van der Waals surface area contributed by atoms with Crippen molar-refractivity contribution in [3.05, 3.63) is 78.1 Å². The Morgan fingerprint density at radius 2 is 2.10 bits per heavy atom. The molecule has 150 valence electrons. The predicted octanol–water partition coefficient (Wildman–Crippen LogP) is 3.03. The Labute approximate surface area is 169 Å². The Hall–Kier alpha value is -2.88. The number of anilines is 1. The van der Waals surface area contributed by atoms with Crippen LogP contribution < -0.4 is 9.46 Å². The average molecular weight is 414 g/mol. The van der Waals surface area contributed by atoms with Gasteiger partial charge in [-0.25, -0.2) is 9.11 Å². The lowest BCUT2D eigenvalue weighted by Gasteiger charge is -2.19. The number of nitrogens with zero attached hydrogens (tertiary/aromatic N) is 3. The van der Waals surface area contributed by atoms with E-state index in [2.05, 4.69) is 19.6 Å². The zero-order chi connectivity index (χ0) is 20.3. The molecule has 1 unspecified atom stereocenters. The molecule has 29 heavy (non-hydrogen) atoms. The van der Waals surface area contributed by atoms with Gasteiger partial charge in [0.1, 0.15) is 18.2 Å². The van der Waals surface area contributed by atoms with Gasteiger partial charge in [-0.15, -0.1) is 0 Å². The summed E-state index contributed by atoms with van der Waals surface area (Å²) in [6, 6.07) is 9.56. The van der Waals surface area contributed by atoms with E-state index < -0.39 is 10.4 Å².